The molecular weight excluding hydrogens is 302 g/mol. The number of aryl methyl sites for hydroxylation is 2. The van der Waals surface area contributed by atoms with E-state index in [0.717, 1.165) is 16.7 Å². The lowest BCUT2D eigenvalue weighted by molar-refractivity contribution is 0.605. The highest BCUT2D eigenvalue weighted by Gasteiger charge is 2.25. The van der Waals surface area contributed by atoms with Gasteiger partial charge in [-0.15, -0.1) is 0 Å². The van der Waals surface area contributed by atoms with Crippen molar-refractivity contribution in [3.63, 3.8) is 0 Å². The third-order valence-corrected chi connectivity index (χ3v) is 4.59. The Bertz CT molecular complexity index is 597. The van der Waals surface area contributed by atoms with Crippen LogP contribution >= 0.6 is 15.9 Å². The molecular formula is C15H18BrN3. The van der Waals surface area contributed by atoms with Crippen molar-refractivity contribution in [1.82, 2.24) is 15.1 Å². The summed E-state index contributed by atoms with van der Waals surface area (Å²) in [6.45, 7) is 3.23. The van der Waals surface area contributed by atoms with E-state index in [1.165, 1.54) is 29.7 Å². The third kappa shape index (κ3) is 2.23. The van der Waals surface area contributed by atoms with Crippen molar-refractivity contribution >= 4 is 15.9 Å². The summed E-state index contributed by atoms with van der Waals surface area (Å²) in [6.07, 6.45) is 2.40. The average Bonchev–Trinajstić information content (AvgIpc) is 3.00. The molecule has 1 atom stereocenters. The Labute approximate surface area is 122 Å². The second kappa shape index (κ2) is 5.10. The molecule has 0 bridgehead atoms. The van der Waals surface area contributed by atoms with E-state index in [1.54, 1.807) is 0 Å². The highest BCUT2D eigenvalue weighted by Crippen LogP contribution is 2.37. The van der Waals surface area contributed by atoms with Crippen LogP contribution in [-0.4, -0.2) is 16.3 Å². The topological polar surface area (TPSA) is 29.9 Å². The molecule has 1 fully saturated rings. The molecule has 0 radical (unpaired) electrons. The maximum atomic E-state index is 4.72. The molecule has 1 unspecified atom stereocenters. The first-order chi connectivity index (χ1) is 9.18. The fourth-order valence-corrected chi connectivity index (χ4v) is 3.62. The summed E-state index contributed by atoms with van der Waals surface area (Å²) in [5.41, 5.74) is 4.82. The predicted molar refractivity (Wildman–Crippen MR) is 81.1 cm³/mol. The lowest BCUT2D eigenvalue weighted by atomic mass is 10.0. The number of nitrogens with zero attached hydrogens (tertiary/aromatic N) is 2. The molecule has 3 nitrogen and oxygen atoms in total. The Morgan fingerprint density at radius 3 is 2.84 bits per heavy atom. The van der Waals surface area contributed by atoms with Crippen LogP contribution in [0.5, 0.6) is 0 Å². The SMILES string of the molecule is Cc1ccccc1-c1c(Br)c(C2CCCN2)nn1C. The summed E-state index contributed by atoms with van der Waals surface area (Å²) in [5.74, 6) is 0. The molecule has 0 spiro atoms. The number of hydrogen-bond donors (Lipinski definition) is 1. The second-order valence-electron chi connectivity index (χ2n) is 5.14. The summed E-state index contributed by atoms with van der Waals surface area (Å²) in [5, 5.41) is 8.23. The lowest BCUT2D eigenvalue weighted by Crippen LogP contribution is -2.14. The number of nitrogens with one attached hydrogen (secondary N) is 1. The molecule has 1 aliphatic heterocycles. The van der Waals surface area contributed by atoms with Crippen molar-refractivity contribution in [2.75, 3.05) is 6.54 Å². The van der Waals surface area contributed by atoms with E-state index in [1.807, 2.05) is 11.7 Å². The molecule has 2 heterocycles. The van der Waals surface area contributed by atoms with Crippen molar-refractivity contribution in [3.8, 4) is 11.3 Å². The van der Waals surface area contributed by atoms with E-state index in [4.69, 9.17) is 5.10 Å². The smallest absolute Gasteiger partial charge is 0.0942 e. The van der Waals surface area contributed by atoms with E-state index in [-0.39, 0.29) is 0 Å². The van der Waals surface area contributed by atoms with Gasteiger partial charge < -0.3 is 5.32 Å². The minimum absolute atomic E-state index is 0.387. The summed E-state index contributed by atoms with van der Waals surface area (Å²) in [7, 11) is 2.02. The van der Waals surface area contributed by atoms with Crippen LogP contribution in [-0.2, 0) is 7.05 Å². The average molecular weight is 320 g/mol. The van der Waals surface area contributed by atoms with Crippen LogP contribution in [0, 0.1) is 6.92 Å². The van der Waals surface area contributed by atoms with Crippen molar-refractivity contribution in [1.29, 1.82) is 0 Å². The van der Waals surface area contributed by atoms with Crippen molar-refractivity contribution in [2.24, 2.45) is 7.05 Å². The zero-order chi connectivity index (χ0) is 13.4. The van der Waals surface area contributed by atoms with Gasteiger partial charge in [0.25, 0.3) is 0 Å². The number of rotatable bonds is 2. The van der Waals surface area contributed by atoms with Crippen molar-refractivity contribution in [2.45, 2.75) is 25.8 Å². The maximum Gasteiger partial charge on any atom is 0.0942 e. The first-order valence-corrected chi connectivity index (χ1v) is 7.49. The molecule has 0 amide bonds. The lowest BCUT2D eigenvalue weighted by Gasteiger charge is -2.08. The molecule has 0 aliphatic carbocycles. The van der Waals surface area contributed by atoms with E-state index in [9.17, 15) is 0 Å². The minimum Gasteiger partial charge on any atom is -0.309 e. The highest BCUT2D eigenvalue weighted by atomic mass is 79.9. The fourth-order valence-electron chi connectivity index (χ4n) is 2.79. The van der Waals surface area contributed by atoms with Gasteiger partial charge in [-0.2, -0.15) is 5.10 Å². The second-order valence-corrected chi connectivity index (χ2v) is 5.93. The Kier molecular flexibility index (Phi) is 3.46. The van der Waals surface area contributed by atoms with Crippen LogP contribution in [0.2, 0.25) is 0 Å². The van der Waals surface area contributed by atoms with Gasteiger partial charge in [-0.3, -0.25) is 4.68 Å². The van der Waals surface area contributed by atoms with E-state index in [2.05, 4.69) is 52.4 Å². The Morgan fingerprint density at radius 1 is 1.37 bits per heavy atom. The molecule has 100 valence electrons. The normalized spacial score (nSPS) is 19.0. The van der Waals surface area contributed by atoms with Crippen LogP contribution < -0.4 is 5.32 Å². The molecule has 4 heteroatoms. The van der Waals surface area contributed by atoms with E-state index < -0.39 is 0 Å². The molecule has 0 saturated carbocycles. The van der Waals surface area contributed by atoms with Gasteiger partial charge in [0.15, 0.2) is 0 Å². The van der Waals surface area contributed by atoms with E-state index >= 15 is 0 Å². The van der Waals surface area contributed by atoms with Gasteiger partial charge >= 0.3 is 0 Å². The third-order valence-electron chi connectivity index (χ3n) is 3.80. The molecule has 19 heavy (non-hydrogen) atoms. The monoisotopic (exact) mass is 319 g/mol. The molecule has 1 saturated heterocycles. The number of hydrogen-bond acceptors (Lipinski definition) is 2. The minimum atomic E-state index is 0.387. The highest BCUT2D eigenvalue weighted by molar-refractivity contribution is 9.10. The van der Waals surface area contributed by atoms with Gasteiger partial charge in [0.2, 0.25) is 0 Å². The van der Waals surface area contributed by atoms with Crippen LogP contribution in [0.4, 0.5) is 0 Å². The van der Waals surface area contributed by atoms with E-state index in [0.29, 0.717) is 6.04 Å². The number of aromatic nitrogens is 2. The Hall–Kier alpha value is -1.13. The van der Waals surface area contributed by atoms with Gasteiger partial charge in [-0.05, 0) is 47.8 Å². The van der Waals surface area contributed by atoms with Crippen LogP contribution in [0.15, 0.2) is 28.7 Å². The molecule has 1 aromatic carbocycles. The molecule has 1 N–H and O–H groups in total. The van der Waals surface area contributed by atoms with Gasteiger partial charge in [0.1, 0.15) is 0 Å². The molecule has 1 aliphatic rings. The predicted octanol–water partition coefficient (Wildman–Crippen LogP) is 3.58. The van der Waals surface area contributed by atoms with Crippen LogP contribution in [0.25, 0.3) is 11.3 Å². The quantitative estimate of drug-likeness (QED) is 0.916. The Balaban J connectivity index is 2.10. The van der Waals surface area contributed by atoms with Gasteiger partial charge in [-0.25, -0.2) is 0 Å². The maximum absolute atomic E-state index is 4.72. The largest absolute Gasteiger partial charge is 0.309 e. The summed E-state index contributed by atoms with van der Waals surface area (Å²) in [6, 6.07) is 8.83. The van der Waals surface area contributed by atoms with Crippen molar-refractivity contribution < 1.29 is 0 Å². The molecule has 3 rings (SSSR count). The zero-order valence-corrected chi connectivity index (χ0v) is 12.9. The Morgan fingerprint density at radius 2 is 2.16 bits per heavy atom. The molecule has 2 aromatic rings. The summed E-state index contributed by atoms with van der Waals surface area (Å²) >= 11 is 3.76. The van der Waals surface area contributed by atoms with Crippen LogP contribution in [0.3, 0.4) is 0 Å². The van der Waals surface area contributed by atoms with Gasteiger partial charge in [0, 0.05) is 12.6 Å². The first kappa shape index (κ1) is 12.9. The van der Waals surface area contributed by atoms with Gasteiger partial charge in [-0.1, -0.05) is 24.3 Å². The van der Waals surface area contributed by atoms with Crippen molar-refractivity contribution in [3.05, 3.63) is 40.0 Å². The first-order valence-electron chi connectivity index (χ1n) is 6.70. The number of halogens is 1. The molecule has 1 aromatic heterocycles. The van der Waals surface area contributed by atoms with Crippen LogP contribution in [0.1, 0.15) is 30.1 Å². The number of benzene rings is 1. The standard InChI is InChI=1S/C15H18BrN3/c1-10-6-3-4-7-11(10)15-13(16)14(18-19(15)2)12-8-5-9-17-12/h3-4,6-7,12,17H,5,8-9H2,1-2H3. The van der Waals surface area contributed by atoms with Gasteiger partial charge in [0.05, 0.1) is 21.9 Å². The fraction of sp³-hybridized carbons (Fsp3) is 0.400. The summed E-state index contributed by atoms with van der Waals surface area (Å²) < 4.78 is 3.12. The zero-order valence-electron chi connectivity index (χ0n) is 11.3. The summed E-state index contributed by atoms with van der Waals surface area (Å²) in [4.78, 5) is 0.